The van der Waals surface area contributed by atoms with E-state index in [0.717, 1.165) is 76.0 Å². The molecule has 2 N–H and O–H groups in total. The van der Waals surface area contributed by atoms with Crippen LogP contribution in [0.5, 0.6) is 0 Å². The molecule has 0 saturated heterocycles. The Balaban J connectivity index is 1.59. The molecule has 0 amide bonds. The summed E-state index contributed by atoms with van der Waals surface area (Å²) < 4.78 is 2.04. The Morgan fingerprint density at radius 3 is 1.47 bits per heavy atom. The Bertz CT molecular complexity index is 1870. The molecule has 3 aromatic heterocycles. The predicted octanol–water partition coefficient (Wildman–Crippen LogP) is 9.51. The maximum atomic E-state index is 5.00. The maximum absolute atomic E-state index is 5.00. The molecule has 4 nitrogen and oxygen atoms in total. The summed E-state index contributed by atoms with van der Waals surface area (Å²) in [7, 11) is 0. The van der Waals surface area contributed by atoms with E-state index >= 15 is 0 Å². The Morgan fingerprint density at radius 2 is 0.974 bits per heavy atom. The van der Waals surface area contributed by atoms with E-state index in [-0.39, 0.29) is 0 Å². The van der Waals surface area contributed by atoms with Gasteiger partial charge in [0.1, 0.15) is 0 Å². The van der Waals surface area contributed by atoms with Crippen molar-refractivity contribution in [2.45, 2.75) is 0 Å². The van der Waals surface area contributed by atoms with Gasteiger partial charge < -0.3 is 9.97 Å². The van der Waals surface area contributed by atoms with E-state index in [1.807, 2.05) is 24.3 Å². The molecule has 2 aliphatic rings. The molecule has 0 unspecified atom stereocenters. The van der Waals surface area contributed by atoms with Crippen LogP contribution in [0.15, 0.2) is 93.9 Å². The molecule has 5 heterocycles. The summed E-state index contributed by atoms with van der Waals surface area (Å²) in [5.74, 6) is 0. The molecule has 8 bridgehead atoms. The molecule has 0 radical (unpaired) electrons. The normalized spacial score (nSPS) is 12.3. The molecule has 38 heavy (non-hydrogen) atoms. The van der Waals surface area contributed by atoms with Gasteiger partial charge in [-0.25, -0.2) is 9.97 Å². The van der Waals surface area contributed by atoms with Crippen molar-refractivity contribution in [2.75, 3.05) is 0 Å². The Morgan fingerprint density at radius 1 is 0.500 bits per heavy atom. The number of hydrogen-bond donors (Lipinski definition) is 2. The molecule has 2 aliphatic heterocycles. The van der Waals surface area contributed by atoms with Gasteiger partial charge in [-0.15, -0.1) is 0 Å². The summed E-state index contributed by atoms with van der Waals surface area (Å²) in [6, 6.07) is 29.1. The molecule has 7 rings (SSSR count). The van der Waals surface area contributed by atoms with Crippen LogP contribution in [0.1, 0.15) is 22.8 Å². The molecule has 5 aromatic rings. The lowest BCUT2D eigenvalue weighted by molar-refractivity contribution is 1.27. The van der Waals surface area contributed by atoms with Gasteiger partial charge in [-0.2, -0.15) is 0 Å². The smallest absolute Gasteiger partial charge is 0.0738 e. The van der Waals surface area contributed by atoms with E-state index in [9.17, 15) is 0 Å². The van der Waals surface area contributed by atoms with Crippen LogP contribution in [0, 0.1) is 0 Å². The minimum atomic E-state index is 0.882. The molecular weight excluding hydrogens is 600 g/mol. The summed E-state index contributed by atoms with van der Waals surface area (Å²) >= 11 is 7.50. The van der Waals surface area contributed by atoms with Crippen molar-refractivity contribution in [1.82, 2.24) is 19.9 Å². The van der Waals surface area contributed by atoms with Gasteiger partial charge >= 0.3 is 0 Å². The van der Waals surface area contributed by atoms with Gasteiger partial charge in [0.15, 0.2) is 0 Å². The van der Waals surface area contributed by atoms with Crippen LogP contribution in [0.2, 0.25) is 0 Å². The number of aromatic amines is 2. The SMILES string of the molecule is Brc1ccccc1-c1c2nc(cc3ccc([nH]3)c(-c3ccccc3Br)c3ccc(cc4nc1C=C4)[nH]3)C=C2. The highest BCUT2D eigenvalue weighted by molar-refractivity contribution is 9.11. The van der Waals surface area contributed by atoms with Crippen molar-refractivity contribution in [1.29, 1.82) is 0 Å². The number of fused-ring (bicyclic) bond motifs is 8. The number of hydrogen-bond acceptors (Lipinski definition) is 2. The largest absolute Gasteiger partial charge is 0.355 e. The van der Waals surface area contributed by atoms with E-state index in [4.69, 9.17) is 9.97 Å². The van der Waals surface area contributed by atoms with E-state index in [0.29, 0.717) is 0 Å². The van der Waals surface area contributed by atoms with Gasteiger partial charge in [-0.3, -0.25) is 0 Å². The number of benzene rings is 2. The minimum absolute atomic E-state index is 0.882. The van der Waals surface area contributed by atoms with Crippen molar-refractivity contribution in [3.05, 3.63) is 117 Å². The number of aromatic nitrogens is 4. The van der Waals surface area contributed by atoms with E-state index in [2.05, 4.69) is 127 Å². The lowest BCUT2D eigenvalue weighted by Gasteiger charge is -2.07. The first-order valence-corrected chi connectivity index (χ1v) is 13.8. The fraction of sp³-hybridized carbons (Fsp3) is 0. The molecule has 0 atom stereocenters. The lowest BCUT2D eigenvalue weighted by atomic mass is 10.0. The first kappa shape index (κ1) is 23.1. The standard InChI is InChI=1S/C32H20Br2N4/c33-25-7-3-1-5-23(25)31-27-13-9-19(35-27)17-21-11-15-29(37-21)32(24-6-2-4-8-26(24)34)30-16-12-22(38-30)18-20-10-14-28(31)36-20/h1-18,35-36H. The highest BCUT2D eigenvalue weighted by Crippen LogP contribution is 2.36. The van der Waals surface area contributed by atoms with Crippen LogP contribution in [-0.2, 0) is 0 Å². The zero-order valence-corrected chi connectivity index (χ0v) is 23.2. The van der Waals surface area contributed by atoms with Crippen LogP contribution in [0.25, 0.3) is 68.6 Å². The summed E-state index contributed by atoms with van der Waals surface area (Å²) in [4.78, 5) is 17.2. The third-order valence-corrected chi connectivity index (χ3v) is 8.07. The number of rotatable bonds is 2. The third-order valence-electron chi connectivity index (χ3n) is 6.68. The third kappa shape index (κ3) is 4.16. The molecular formula is C32H20Br2N4. The second kappa shape index (κ2) is 9.39. The molecule has 182 valence electrons. The number of H-pyrrole nitrogens is 2. The maximum Gasteiger partial charge on any atom is 0.0738 e. The number of nitrogens with zero attached hydrogens (tertiary/aromatic N) is 2. The van der Waals surface area contributed by atoms with E-state index < -0.39 is 0 Å². The van der Waals surface area contributed by atoms with Gasteiger partial charge in [0, 0.05) is 53.3 Å². The van der Waals surface area contributed by atoms with Gasteiger partial charge in [0.2, 0.25) is 0 Å². The lowest BCUT2D eigenvalue weighted by Crippen LogP contribution is -1.90. The van der Waals surface area contributed by atoms with Crippen LogP contribution in [-0.4, -0.2) is 19.9 Å². The molecule has 0 saturated carbocycles. The van der Waals surface area contributed by atoms with Gasteiger partial charge in [-0.05, 0) is 72.8 Å². The van der Waals surface area contributed by atoms with Crippen molar-refractivity contribution in [3.63, 3.8) is 0 Å². The zero-order valence-electron chi connectivity index (χ0n) is 20.0. The molecule has 6 heteroatoms. The van der Waals surface area contributed by atoms with Gasteiger partial charge in [0.25, 0.3) is 0 Å². The van der Waals surface area contributed by atoms with Gasteiger partial charge in [-0.1, -0.05) is 68.3 Å². The minimum Gasteiger partial charge on any atom is -0.355 e. The second-order valence-electron chi connectivity index (χ2n) is 9.16. The zero-order chi connectivity index (χ0) is 25.6. The van der Waals surface area contributed by atoms with Crippen molar-refractivity contribution in [3.8, 4) is 22.3 Å². The number of nitrogens with one attached hydrogen (secondary N) is 2. The predicted molar refractivity (Wildman–Crippen MR) is 165 cm³/mol. The Kier molecular flexibility index (Phi) is 5.72. The topological polar surface area (TPSA) is 57.4 Å². The molecule has 2 aromatic carbocycles. The molecule has 0 aliphatic carbocycles. The van der Waals surface area contributed by atoms with Crippen molar-refractivity contribution in [2.24, 2.45) is 0 Å². The van der Waals surface area contributed by atoms with Gasteiger partial charge in [0.05, 0.1) is 22.8 Å². The highest BCUT2D eigenvalue weighted by atomic mass is 79.9. The summed E-state index contributed by atoms with van der Waals surface area (Å²) in [6.45, 7) is 0. The van der Waals surface area contributed by atoms with Crippen LogP contribution >= 0.6 is 31.9 Å². The Hall–Kier alpha value is -4.00. The Labute approximate surface area is 236 Å². The summed E-state index contributed by atoms with van der Waals surface area (Å²) in [6.07, 6.45) is 8.23. The average molecular weight is 620 g/mol. The van der Waals surface area contributed by atoms with E-state index in [1.165, 1.54) is 0 Å². The molecule has 0 fully saturated rings. The highest BCUT2D eigenvalue weighted by Gasteiger charge is 2.16. The van der Waals surface area contributed by atoms with Crippen LogP contribution < -0.4 is 0 Å². The quantitative estimate of drug-likeness (QED) is 0.202. The van der Waals surface area contributed by atoms with Crippen LogP contribution in [0.4, 0.5) is 0 Å². The first-order valence-electron chi connectivity index (χ1n) is 12.2. The van der Waals surface area contributed by atoms with Crippen molar-refractivity contribution < 1.29 is 0 Å². The average Bonchev–Trinajstić information content (AvgIpc) is 3.72. The van der Waals surface area contributed by atoms with Crippen molar-refractivity contribution >= 4 is 78.2 Å². The monoisotopic (exact) mass is 618 g/mol. The van der Waals surface area contributed by atoms with Crippen LogP contribution in [0.3, 0.4) is 0 Å². The first-order chi connectivity index (χ1) is 18.6. The molecule has 0 spiro atoms. The van der Waals surface area contributed by atoms with E-state index in [1.54, 1.807) is 0 Å². The second-order valence-corrected chi connectivity index (χ2v) is 10.9. The fourth-order valence-electron chi connectivity index (χ4n) is 4.97. The number of halogens is 2. The summed E-state index contributed by atoms with van der Waals surface area (Å²) in [5, 5.41) is 0. The summed E-state index contributed by atoms with van der Waals surface area (Å²) in [5.41, 5.74) is 11.8. The fourth-order valence-corrected chi connectivity index (χ4v) is 5.93.